The third-order valence-electron chi connectivity index (χ3n) is 8.38. The van der Waals surface area contributed by atoms with Crippen molar-refractivity contribution in [1.29, 1.82) is 5.26 Å². The maximum absolute atomic E-state index is 10.1. The molecule has 0 amide bonds. The summed E-state index contributed by atoms with van der Waals surface area (Å²) in [5, 5.41) is 12.4. The zero-order valence-corrected chi connectivity index (χ0v) is 25.1. The van der Waals surface area contributed by atoms with Crippen molar-refractivity contribution in [1.82, 2.24) is 19.5 Å². The van der Waals surface area contributed by atoms with Crippen LogP contribution in [-0.2, 0) is 0 Å². The zero-order chi connectivity index (χ0) is 31.0. The zero-order valence-electron chi connectivity index (χ0n) is 25.1. The van der Waals surface area contributed by atoms with Gasteiger partial charge >= 0.3 is 0 Å². The molecule has 0 atom stereocenters. The van der Waals surface area contributed by atoms with Crippen LogP contribution < -0.4 is 0 Å². The fourth-order valence-electron chi connectivity index (χ4n) is 6.15. The molecule has 6 aromatic carbocycles. The van der Waals surface area contributed by atoms with Crippen LogP contribution in [0.1, 0.15) is 11.1 Å². The molecule has 0 saturated carbocycles. The van der Waals surface area contributed by atoms with Crippen molar-refractivity contribution in [3.63, 3.8) is 0 Å². The van der Waals surface area contributed by atoms with E-state index in [4.69, 9.17) is 15.0 Å². The molecule has 0 bridgehead atoms. The van der Waals surface area contributed by atoms with Gasteiger partial charge in [-0.2, -0.15) is 5.26 Å². The van der Waals surface area contributed by atoms with Gasteiger partial charge in [0.1, 0.15) is 0 Å². The van der Waals surface area contributed by atoms with E-state index in [0.29, 0.717) is 23.0 Å². The second kappa shape index (κ2) is 11.3. The van der Waals surface area contributed by atoms with Gasteiger partial charge < -0.3 is 4.57 Å². The van der Waals surface area contributed by atoms with Gasteiger partial charge in [0.15, 0.2) is 17.5 Å². The number of fused-ring (bicyclic) bond motifs is 3. The third-order valence-corrected chi connectivity index (χ3v) is 8.38. The number of hydrogen-bond donors (Lipinski definition) is 0. The molecule has 5 heteroatoms. The lowest BCUT2D eigenvalue weighted by Gasteiger charge is -2.12. The Labute approximate surface area is 266 Å². The number of benzene rings is 6. The smallest absolute Gasteiger partial charge is 0.164 e. The normalized spacial score (nSPS) is 11.1. The van der Waals surface area contributed by atoms with Gasteiger partial charge in [-0.3, -0.25) is 0 Å². The Morgan fingerprint density at radius 2 is 1.04 bits per heavy atom. The van der Waals surface area contributed by atoms with E-state index in [2.05, 4.69) is 90.4 Å². The van der Waals surface area contributed by atoms with Gasteiger partial charge in [0.05, 0.1) is 22.7 Å². The number of nitriles is 1. The van der Waals surface area contributed by atoms with Crippen molar-refractivity contribution in [2.45, 2.75) is 6.92 Å². The van der Waals surface area contributed by atoms with Gasteiger partial charge in [0.2, 0.25) is 0 Å². The fourth-order valence-corrected chi connectivity index (χ4v) is 6.15. The summed E-state index contributed by atoms with van der Waals surface area (Å²) in [6.45, 7) is 2.15. The molecule has 5 nitrogen and oxygen atoms in total. The summed E-state index contributed by atoms with van der Waals surface area (Å²) in [7, 11) is 0. The molecule has 0 aliphatic heterocycles. The van der Waals surface area contributed by atoms with Gasteiger partial charge in [-0.25, -0.2) is 15.0 Å². The summed E-state index contributed by atoms with van der Waals surface area (Å²) in [4.78, 5) is 14.7. The van der Waals surface area contributed by atoms with Crippen LogP contribution in [0.5, 0.6) is 0 Å². The SMILES string of the molecule is Cc1ccccc1-n1c2ccccc2c2cc(-c3cc(C#N)cc(-c4nc(-c5ccccc5)nc(-c5ccccc5)n4)c3)ccc21. The number of rotatable bonds is 5. The van der Waals surface area contributed by atoms with Crippen LogP contribution in [0.3, 0.4) is 0 Å². The van der Waals surface area contributed by atoms with Gasteiger partial charge in [0.25, 0.3) is 0 Å². The van der Waals surface area contributed by atoms with E-state index in [1.54, 1.807) is 0 Å². The molecule has 8 aromatic rings. The van der Waals surface area contributed by atoms with Crippen LogP contribution in [0.15, 0.2) is 146 Å². The Balaban J connectivity index is 1.31. The van der Waals surface area contributed by atoms with Crippen molar-refractivity contribution in [2.24, 2.45) is 0 Å². The minimum Gasteiger partial charge on any atom is -0.309 e. The van der Waals surface area contributed by atoms with Gasteiger partial charge in [-0.05, 0) is 66.1 Å². The van der Waals surface area contributed by atoms with Crippen molar-refractivity contribution in [2.75, 3.05) is 0 Å². The Hall–Kier alpha value is -6.38. The number of aryl methyl sites for hydroxylation is 1. The van der Waals surface area contributed by atoms with Crippen LogP contribution in [0.2, 0.25) is 0 Å². The fraction of sp³-hybridized carbons (Fsp3) is 0.0244. The first-order valence-corrected chi connectivity index (χ1v) is 15.2. The molecule has 8 rings (SSSR count). The lowest BCUT2D eigenvalue weighted by Crippen LogP contribution is -2.00. The summed E-state index contributed by atoms with van der Waals surface area (Å²) in [6, 6.07) is 51.6. The molecular formula is C41H27N5. The predicted octanol–water partition coefficient (Wildman–Crippen LogP) is 9.82. The van der Waals surface area contributed by atoms with E-state index in [9.17, 15) is 5.26 Å². The first-order valence-electron chi connectivity index (χ1n) is 15.2. The van der Waals surface area contributed by atoms with E-state index >= 15 is 0 Å². The summed E-state index contributed by atoms with van der Waals surface area (Å²) < 4.78 is 2.34. The number of aromatic nitrogens is 4. The Bertz CT molecular complexity index is 2380. The maximum Gasteiger partial charge on any atom is 0.164 e. The molecule has 216 valence electrons. The minimum atomic E-state index is 0.517. The molecule has 0 unspecified atom stereocenters. The first kappa shape index (κ1) is 27.2. The van der Waals surface area contributed by atoms with E-state index in [-0.39, 0.29) is 0 Å². The largest absolute Gasteiger partial charge is 0.309 e. The summed E-state index contributed by atoms with van der Waals surface area (Å²) >= 11 is 0. The number of hydrogen-bond acceptors (Lipinski definition) is 4. The molecule has 0 spiro atoms. The molecule has 0 aliphatic rings. The van der Waals surface area contributed by atoms with Crippen LogP contribution >= 0.6 is 0 Å². The van der Waals surface area contributed by atoms with E-state index in [1.165, 1.54) is 10.9 Å². The van der Waals surface area contributed by atoms with Gasteiger partial charge in [-0.1, -0.05) is 103 Å². The predicted molar refractivity (Wildman–Crippen MR) is 185 cm³/mol. The summed E-state index contributed by atoms with van der Waals surface area (Å²) in [5.74, 6) is 1.68. The Morgan fingerprint density at radius 3 is 1.72 bits per heavy atom. The second-order valence-corrected chi connectivity index (χ2v) is 11.3. The highest BCUT2D eigenvalue weighted by Gasteiger charge is 2.17. The molecule has 0 aliphatic carbocycles. The Kier molecular flexibility index (Phi) is 6.67. The summed E-state index contributed by atoms with van der Waals surface area (Å²) in [6.07, 6.45) is 0. The highest BCUT2D eigenvalue weighted by molar-refractivity contribution is 6.10. The topological polar surface area (TPSA) is 67.4 Å². The summed E-state index contributed by atoms with van der Waals surface area (Å²) in [5.41, 5.74) is 9.69. The van der Waals surface area contributed by atoms with Gasteiger partial charge in [0, 0.05) is 33.2 Å². The monoisotopic (exact) mass is 589 g/mol. The van der Waals surface area contributed by atoms with Crippen LogP contribution in [-0.4, -0.2) is 19.5 Å². The molecule has 46 heavy (non-hydrogen) atoms. The van der Waals surface area contributed by atoms with E-state index < -0.39 is 0 Å². The minimum absolute atomic E-state index is 0.517. The molecule has 0 saturated heterocycles. The van der Waals surface area contributed by atoms with Crippen LogP contribution in [0, 0.1) is 18.3 Å². The lowest BCUT2D eigenvalue weighted by molar-refractivity contribution is 1.07. The third kappa shape index (κ3) is 4.79. The van der Waals surface area contributed by atoms with E-state index in [0.717, 1.165) is 49.9 Å². The Morgan fingerprint density at radius 1 is 0.478 bits per heavy atom. The average Bonchev–Trinajstić information content (AvgIpc) is 3.45. The van der Waals surface area contributed by atoms with Crippen molar-refractivity contribution in [3.05, 3.63) is 157 Å². The molecule has 2 heterocycles. The quantitative estimate of drug-likeness (QED) is 0.200. The van der Waals surface area contributed by atoms with Crippen molar-refractivity contribution >= 4 is 21.8 Å². The average molecular weight is 590 g/mol. The molecule has 2 aromatic heterocycles. The highest BCUT2D eigenvalue weighted by atomic mass is 15.0. The van der Waals surface area contributed by atoms with E-state index in [1.807, 2.05) is 72.8 Å². The first-order chi connectivity index (χ1) is 22.7. The van der Waals surface area contributed by atoms with Crippen LogP contribution in [0.4, 0.5) is 0 Å². The number of para-hydroxylation sites is 2. The standard InChI is InChI=1S/C41H27N5/c1-27-12-8-10-18-36(27)46-37-19-11-9-17-34(37)35-25-31(20-21-38(35)46)32-22-28(26-42)23-33(24-32)41-44-39(29-13-4-2-5-14-29)43-40(45-41)30-15-6-3-7-16-30/h2-25H,1H3. The molecule has 0 N–H and O–H groups in total. The number of nitrogens with zero attached hydrogens (tertiary/aromatic N) is 5. The lowest BCUT2D eigenvalue weighted by atomic mass is 9.98. The molecular weight excluding hydrogens is 562 g/mol. The van der Waals surface area contributed by atoms with Crippen molar-refractivity contribution < 1.29 is 0 Å². The van der Waals surface area contributed by atoms with Crippen molar-refractivity contribution in [3.8, 4) is 57.0 Å². The van der Waals surface area contributed by atoms with Gasteiger partial charge in [-0.15, -0.1) is 0 Å². The second-order valence-electron chi connectivity index (χ2n) is 11.3. The van der Waals surface area contributed by atoms with Crippen LogP contribution in [0.25, 0.3) is 72.8 Å². The maximum atomic E-state index is 10.1. The highest BCUT2D eigenvalue weighted by Crippen LogP contribution is 2.37. The molecule has 0 radical (unpaired) electrons. The molecule has 0 fully saturated rings.